The van der Waals surface area contributed by atoms with Gasteiger partial charge in [-0.3, -0.25) is 4.90 Å². The van der Waals surface area contributed by atoms with Crippen LogP contribution >= 0.6 is 0 Å². The monoisotopic (exact) mass is 296 g/mol. The van der Waals surface area contributed by atoms with Crippen LogP contribution < -0.4 is 5.32 Å². The highest BCUT2D eigenvalue weighted by Crippen LogP contribution is 2.30. The van der Waals surface area contributed by atoms with Crippen LogP contribution in [-0.4, -0.2) is 55.0 Å². The summed E-state index contributed by atoms with van der Waals surface area (Å²) in [5, 5.41) is 12.4. The first kappa shape index (κ1) is 17.7. The summed E-state index contributed by atoms with van der Waals surface area (Å²) in [5.41, 5.74) is 0. The molecular weight excluding hydrogens is 269 g/mol. The number of rotatable bonds is 7. The lowest BCUT2D eigenvalue weighted by molar-refractivity contribution is -0.149. The molecule has 1 saturated heterocycles. The Kier molecular flexibility index (Phi) is 7.26. The summed E-state index contributed by atoms with van der Waals surface area (Å²) in [6.07, 6.45) is -3.23. The lowest BCUT2D eigenvalue weighted by Crippen LogP contribution is -2.50. The maximum Gasteiger partial charge on any atom is 0.389 e. The fourth-order valence-electron chi connectivity index (χ4n) is 2.83. The molecule has 2 atom stereocenters. The van der Waals surface area contributed by atoms with E-state index in [0.717, 1.165) is 19.5 Å². The zero-order chi connectivity index (χ0) is 15.2. The van der Waals surface area contributed by atoms with E-state index in [1.165, 1.54) is 0 Å². The van der Waals surface area contributed by atoms with E-state index in [9.17, 15) is 13.2 Å². The van der Waals surface area contributed by atoms with Crippen molar-refractivity contribution in [3.63, 3.8) is 0 Å². The van der Waals surface area contributed by atoms with Crippen molar-refractivity contribution in [3.8, 4) is 0 Å². The fraction of sp³-hybridized carbons (Fsp3) is 1.00. The maximum atomic E-state index is 12.5. The zero-order valence-corrected chi connectivity index (χ0v) is 12.4. The van der Waals surface area contributed by atoms with E-state index in [2.05, 4.69) is 19.2 Å². The Morgan fingerprint density at radius 2 is 2.00 bits per heavy atom. The Labute approximate surface area is 119 Å². The van der Waals surface area contributed by atoms with E-state index in [1.54, 1.807) is 0 Å². The Balaban J connectivity index is 2.47. The third-order valence-electron chi connectivity index (χ3n) is 3.70. The van der Waals surface area contributed by atoms with Gasteiger partial charge >= 0.3 is 6.18 Å². The summed E-state index contributed by atoms with van der Waals surface area (Å²) in [6, 6.07) is 0.0985. The predicted molar refractivity (Wildman–Crippen MR) is 73.6 cm³/mol. The van der Waals surface area contributed by atoms with Gasteiger partial charge in [-0.05, 0) is 31.2 Å². The van der Waals surface area contributed by atoms with Crippen molar-refractivity contribution in [2.24, 2.45) is 11.8 Å². The van der Waals surface area contributed by atoms with Crippen molar-refractivity contribution in [2.45, 2.75) is 45.3 Å². The number of aliphatic hydroxyl groups is 1. The molecule has 0 radical (unpaired) electrons. The Bertz CT molecular complexity index is 272. The molecule has 0 aromatic carbocycles. The zero-order valence-electron chi connectivity index (χ0n) is 12.4. The average Bonchev–Trinajstić information content (AvgIpc) is 2.26. The number of nitrogens with zero attached hydrogens (tertiary/aromatic N) is 1. The quantitative estimate of drug-likeness (QED) is 0.756. The number of likely N-dealkylation sites (tertiary alicyclic amines) is 1. The molecule has 1 heterocycles. The average molecular weight is 296 g/mol. The van der Waals surface area contributed by atoms with E-state index >= 15 is 0 Å². The highest BCUT2D eigenvalue weighted by atomic mass is 19.4. The van der Waals surface area contributed by atoms with Gasteiger partial charge in [0, 0.05) is 32.1 Å². The smallest absolute Gasteiger partial charge is 0.389 e. The molecular formula is C14H27F3N2O. The van der Waals surface area contributed by atoms with Crippen LogP contribution in [0.3, 0.4) is 0 Å². The van der Waals surface area contributed by atoms with Gasteiger partial charge in [0.05, 0.1) is 6.61 Å². The summed E-state index contributed by atoms with van der Waals surface area (Å²) < 4.78 is 37.6. The summed E-state index contributed by atoms with van der Waals surface area (Å²) >= 11 is 0. The van der Waals surface area contributed by atoms with Crippen molar-refractivity contribution >= 4 is 0 Å². The van der Waals surface area contributed by atoms with Gasteiger partial charge in [0.15, 0.2) is 0 Å². The van der Waals surface area contributed by atoms with Gasteiger partial charge in [-0.15, -0.1) is 0 Å². The molecule has 0 aromatic heterocycles. The van der Waals surface area contributed by atoms with Crippen molar-refractivity contribution in [3.05, 3.63) is 0 Å². The van der Waals surface area contributed by atoms with Crippen LogP contribution in [0.15, 0.2) is 0 Å². The molecule has 0 amide bonds. The number of hydrogen-bond acceptors (Lipinski definition) is 3. The van der Waals surface area contributed by atoms with Gasteiger partial charge in [-0.2, -0.15) is 13.2 Å². The highest BCUT2D eigenvalue weighted by Gasteiger charge is 2.36. The topological polar surface area (TPSA) is 35.5 Å². The normalized spacial score (nSPS) is 25.4. The highest BCUT2D eigenvalue weighted by molar-refractivity contribution is 4.84. The first-order valence-electron chi connectivity index (χ1n) is 7.43. The van der Waals surface area contributed by atoms with Crippen molar-refractivity contribution in [1.82, 2.24) is 10.2 Å². The number of piperidine rings is 1. The number of aliphatic hydroxyl groups excluding tert-OH is 1. The minimum absolute atomic E-state index is 0.00253. The third kappa shape index (κ3) is 7.45. The van der Waals surface area contributed by atoms with E-state index in [-0.39, 0.29) is 18.6 Å². The van der Waals surface area contributed by atoms with Gasteiger partial charge in [0.2, 0.25) is 0 Å². The SMILES string of the molecule is CC(C)CCNC1CC(CC(F)(F)F)CN(CCO)C1. The van der Waals surface area contributed by atoms with Gasteiger partial charge in [-0.25, -0.2) is 0 Å². The molecule has 0 aromatic rings. The lowest BCUT2D eigenvalue weighted by atomic mass is 9.91. The van der Waals surface area contributed by atoms with E-state index < -0.39 is 12.6 Å². The summed E-state index contributed by atoms with van der Waals surface area (Å²) in [4.78, 5) is 1.94. The minimum Gasteiger partial charge on any atom is -0.395 e. The molecule has 0 saturated carbocycles. The van der Waals surface area contributed by atoms with E-state index in [4.69, 9.17) is 5.11 Å². The molecule has 0 bridgehead atoms. The lowest BCUT2D eigenvalue weighted by Gasteiger charge is -2.38. The fourth-order valence-corrected chi connectivity index (χ4v) is 2.83. The molecule has 6 heteroatoms. The van der Waals surface area contributed by atoms with E-state index in [0.29, 0.717) is 25.4 Å². The van der Waals surface area contributed by atoms with Crippen molar-refractivity contribution < 1.29 is 18.3 Å². The first-order chi connectivity index (χ1) is 9.30. The second kappa shape index (κ2) is 8.20. The molecule has 1 aliphatic heterocycles. The van der Waals surface area contributed by atoms with Crippen LogP contribution in [0.25, 0.3) is 0 Å². The van der Waals surface area contributed by atoms with Crippen LogP contribution in [0.5, 0.6) is 0 Å². The third-order valence-corrected chi connectivity index (χ3v) is 3.70. The van der Waals surface area contributed by atoms with Crippen LogP contribution in [0.1, 0.15) is 33.1 Å². The van der Waals surface area contributed by atoms with Crippen LogP contribution in [0, 0.1) is 11.8 Å². The van der Waals surface area contributed by atoms with Crippen LogP contribution in [-0.2, 0) is 0 Å². The second-order valence-electron chi connectivity index (χ2n) is 6.24. The molecule has 1 aliphatic rings. The van der Waals surface area contributed by atoms with Crippen LogP contribution in [0.2, 0.25) is 0 Å². The van der Waals surface area contributed by atoms with Gasteiger partial charge in [-0.1, -0.05) is 13.8 Å². The summed E-state index contributed by atoms with van der Waals surface area (Å²) in [7, 11) is 0. The van der Waals surface area contributed by atoms with Gasteiger partial charge in [0.1, 0.15) is 0 Å². The van der Waals surface area contributed by atoms with Gasteiger partial charge in [0.25, 0.3) is 0 Å². The maximum absolute atomic E-state index is 12.5. The summed E-state index contributed by atoms with van der Waals surface area (Å²) in [5.74, 6) is 0.220. The first-order valence-corrected chi connectivity index (χ1v) is 7.43. The molecule has 2 unspecified atom stereocenters. The number of hydrogen-bond donors (Lipinski definition) is 2. The van der Waals surface area contributed by atoms with Crippen LogP contribution in [0.4, 0.5) is 13.2 Å². The molecule has 0 spiro atoms. The Morgan fingerprint density at radius 3 is 2.55 bits per heavy atom. The molecule has 120 valence electrons. The molecule has 3 nitrogen and oxygen atoms in total. The molecule has 2 N–H and O–H groups in total. The van der Waals surface area contributed by atoms with E-state index in [1.807, 2.05) is 4.90 Å². The van der Waals surface area contributed by atoms with Crippen molar-refractivity contribution in [2.75, 3.05) is 32.8 Å². The molecule has 20 heavy (non-hydrogen) atoms. The second-order valence-corrected chi connectivity index (χ2v) is 6.24. The number of halogens is 3. The standard InChI is InChI=1S/C14H27F3N2O/c1-11(2)3-4-18-13-7-12(8-14(15,16)17)9-19(10-13)5-6-20/h11-13,18,20H,3-10H2,1-2H3. The number of nitrogens with one attached hydrogen (secondary N) is 1. The molecule has 0 aliphatic carbocycles. The molecule has 1 rings (SSSR count). The number of β-amino-alcohol motifs (C(OH)–C–C–N with tert-alkyl or cyclic N) is 1. The number of alkyl halides is 3. The predicted octanol–water partition coefficient (Wildman–Crippen LogP) is 2.26. The Hall–Kier alpha value is -0.330. The minimum atomic E-state index is -4.10. The van der Waals surface area contributed by atoms with Crippen molar-refractivity contribution in [1.29, 1.82) is 0 Å². The summed E-state index contributed by atoms with van der Waals surface area (Å²) in [6.45, 7) is 6.72. The molecule has 1 fully saturated rings. The largest absolute Gasteiger partial charge is 0.395 e. The Morgan fingerprint density at radius 1 is 1.30 bits per heavy atom. The van der Waals surface area contributed by atoms with Gasteiger partial charge < -0.3 is 10.4 Å².